The van der Waals surface area contributed by atoms with Crippen LogP contribution in [0.1, 0.15) is 27.3 Å². The summed E-state index contributed by atoms with van der Waals surface area (Å²) in [5.41, 5.74) is 0.840. The van der Waals surface area contributed by atoms with Crippen LogP contribution in [-0.2, 0) is 19.6 Å². The Labute approximate surface area is 162 Å². The number of hydrogen-bond donors (Lipinski definition) is 1. The predicted octanol–water partition coefficient (Wildman–Crippen LogP) is 2.19. The van der Waals surface area contributed by atoms with Gasteiger partial charge in [0, 0.05) is 19.8 Å². The van der Waals surface area contributed by atoms with E-state index >= 15 is 0 Å². The third-order valence-electron chi connectivity index (χ3n) is 3.62. The molecule has 2 rings (SSSR count). The molecule has 0 aliphatic carbocycles. The van der Waals surface area contributed by atoms with Crippen LogP contribution < -0.4 is 5.32 Å². The van der Waals surface area contributed by atoms with Crippen molar-refractivity contribution in [1.29, 1.82) is 0 Å². The van der Waals surface area contributed by atoms with E-state index in [1.807, 2.05) is 0 Å². The number of sulfonamides is 1. The maximum atomic E-state index is 12.3. The Morgan fingerprint density at radius 1 is 1.26 bits per heavy atom. The smallest absolute Gasteiger partial charge is 0.351 e. The Balaban J connectivity index is 2.08. The van der Waals surface area contributed by atoms with E-state index in [2.05, 4.69) is 10.3 Å². The van der Waals surface area contributed by atoms with Crippen molar-refractivity contribution in [2.75, 3.05) is 19.4 Å². The molecule has 27 heavy (non-hydrogen) atoms. The lowest BCUT2D eigenvalue weighted by Crippen LogP contribution is -2.30. The van der Waals surface area contributed by atoms with Crippen molar-refractivity contribution in [3.63, 3.8) is 0 Å². The second-order valence-corrected chi connectivity index (χ2v) is 9.35. The van der Waals surface area contributed by atoms with Crippen LogP contribution in [0.15, 0.2) is 29.2 Å². The van der Waals surface area contributed by atoms with Crippen LogP contribution in [0.4, 0.5) is 5.69 Å². The molecule has 1 aromatic carbocycles. The van der Waals surface area contributed by atoms with Gasteiger partial charge in [0.2, 0.25) is 10.0 Å². The lowest BCUT2D eigenvalue weighted by molar-refractivity contribution is -0.123. The first-order valence-electron chi connectivity index (χ1n) is 8.01. The highest BCUT2D eigenvalue weighted by atomic mass is 32.2. The van der Waals surface area contributed by atoms with Crippen molar-refractivity contribution in [3.8, 4) is 0 Å². The molecule has 0 saturated carbocycles. The molecule has 0 aliphatic rings. The summed E-state index contributed by atoms with van der Waals surface area (Å²) in [7, 11) is -0.778. The van der Waals surface area contributed by atoms with Gasteiger partial charge in [-0.2, -0.15) is 0 Å². The van der Waals surface area contributed by atoms with Gasteiger partial charge in [0.15, 0.2) is 6.10 Å². The SMILES string of the molecule is Cc1nc(C)c(C(=O)O[C@@H](C)C(=O)Nc2cccc(S(=O)(=O)N(C)C)c2)s1. The number of rotatable bonds is 6. The zero-order valence-corrected chi connectivity index (χ0v) is 17.3. The van der Waals surface area contributed by atoms with Gasteiger partial charge < -0.3 is 10.1 Å². The highest BCUT2D eigenvalue weighted by Crippen LogP contribution is 2.20. The summed E-state index contributed by atoms with van der Waals surface area (Å²) in [6.45, 7) is 4.91. The molecule has 1 N–H and O–H groups in total. The molecule has 0 fully saturated rings. The highest BCUT2D eigenvalue weighted by Gasteiger charge is 2.23. The van der Waals surface area contributed by atoms with Gasteiger partial charge in [-0.3, -0.25) is 4.79 Å². The van der Waals surface area contributed by atoms with E-state index in [1.165, 1.54) is 50.6 Å². The second-order valence-electron chi connectivity index (χ2n) is 6.00. The summed E-state index contributed by atoms with van der Waals surface area (Å²) in [6.07, 6.45) is -1.06. The number of aryl methyl sites for hydroxylation is 2. The summed E-state index contributed by atoms with van der Waals surface area (Å²) in [4.78, 5) is 29.0. The van der Waals surface area contributed by atoms with Crippen LogP contribution in [-0.4, -0.2) is 49.8 Å². The van der Waals surface area contributed by atoms with Crippen LogP contribution >= 0.6 is 11.3 Å². The molecule has 8 nitrogen and oxygen atoms in total. The number of nitrogens with one attached hydrogen (secondary N) is 1. The molecule has 0 bridgehead atoms. The molecule has 0 unspecified atom stereocenters. The van der Waals surface area contributed by atoms with E-state index in [4.69, 9.17) is 4.74 Å². The minimum Gasteiger partial charge on any atom is -0.448 e. The second kappa shape index (κ2) is 8.15. The van der Waals surface area contributed by atoms with Crippen molar-refractivity contribution in [1.82, 2.24) is 9.29 Å². The number of esters is 1. The molecule has 1 amide bonds. The van der Waals surface area contributed by atoms with Crippen molar-refractivity contribution >= 4 is 38.9 Å². The molecule has 0 aliphatic heterocycles. The van der Waals surface area contributed by atoms with Gasteiger partial charge in [-0.1, -0.05) is 6.07 Å². The Morgan fingerprint density at radius 2 is 1.93 bits per heavy atom. The fourth-order valence-corrected chi connectivity index (χ4v) is 3.93. The maximum Gasteiger partial charge on any atom is 0.351 e. The summed E-state index contributed by atoms with van der Waals surface area (Å²) in [5.74, 6) is -1.19. The van der Waals surface area contributed by atoms with Crippen LogP contribution in [0, 0.1) is 13.8 Å². The van der Waals surface area contributed by atoms with Gasteiger partial charge in [-0.15, -0.1) is 11.3 Å². The third kappa shape index (κ3) is 4.90. The van der Waals surface area contributed by atoms with Gasteiger partial charge in [0.05, 0.1) is 15.6 Å². The van der Waals surface area contributed by atoms with Crippen molar-refractivity contribution in [3.05, 3.63) is 39.8 Å². The van der Waals surface area contributed by atoms with Crippen LogP contribution in [0.3, 0.4) is 0 Å². The number of ether oxygens (including phenoxy) is 1. The summed E-state index contributed by atoms with van der Waals surface area (Å²) >= 11 is 1.20. The standard InChI is InChI=1S/C17H21N3O5S2/c1-10-15(26-12(3)18-10)17(22)25-11(2)16(21)19-13-7-6-8-14(9-13)27(23,24)20(4)5/h6-9,11H,1-5H3,(H,19,21)/t11-/m0/s1. The number of benzene rings is 1. The highest BCUT2D eigenvalue weighted by molar-refractivity contribution is 7.89. The van der Waals surface area contributed by atoms with Gasteiger partial charge in [0.1, 0.15) is 4.88 Å². The molecule has 1 atom stereocenters. The number of nitrogens with zero attached hydrogens (tertiary/aromatic N) is 2. The van der Waals surface area contributed by atoms with Crippen LogP contribution in [0.2, 0.25) is 0 Å². The Hall–Kier alpha value is -2.30. The number of thiazole rings is 1. The van der Waals surface area contributed by atoms with E-state index in [0.29, 0.717) is 10.6 Å². The first-order valence-corrected chi connectivity index (χ1v) is 10.3. The lowest BCUT2D eigenvalue weighted by atomic mass is 10.3. The largest absolute Gasteiger partial charge is 0.448 e. The number of amides is 1. The fraction of sp³-hybridized carbons (Fsp3) is 0.353. The van der Waals surface area contributed by atoms with Crippen LogP contribution in [0.25, 0.3) is 0 Å². The predicted molar refractivity (Wildman–Crippen MR) is 102 cm³/mol. The quantitative estimate of drug-likeness (QED) is 0.731. The zero-order valence-electron chi connectivity index (χ0n) is 15.6. The van der Waals surface area contributed by atoms with E-state index in [-0.39, 0.29) is 10.6 Å². The molecule has 1 aromatic heterocycles. The molecule has 2 aromatic rings. The molecule has 1 heterocycles. The Bertz CT molecular complexity index is 967. The van der Waals surface area contributed by atoms with E-state index < -0.39 is 28.0 Å². The maximum absolute atomic E-state index is 12.3. The molecular formula is C17H21N3O5S2. The normalized spacial score (nSPS) is 12.7. The molecule has 10 heteroatoms. The fourth-order valence-electron chi connectivity index (χ4n) is 2.18. The summed E-state index contributed by atoms with van der Waals surface area (Å²) < 4.78 is 30.6. The average molecular weight is 412 g/mol. The average Bonchev–Trinajstić information content (AvgIpc) is 2.93. The van der Waals surface area contributed by atoms with E-state index in [9.17, 15) is 18.0 Å². The van der Waals surface area contributed by atoms with Gasteiger partial charge in [-0.25, -0.2) is 22.5 Å². The molecule has 0 radical (unpaired) electrons. The number of carbonyl (C=O) groups excluding carboxylic acids is 2. The van der Waals surface area contributed by atoms with Gasteiger partial charge in [-0.05, 0) is 39.0 Å². The minimum atomic E-state index is -3.62. The molecular weight excluding hydrogens is 390 g/mol. The first kappa shape index (κ1) is 21.0. The number of aromatic nitrogens is 1. The lowest BCUT2D eigenvalue weighted by Gasteiger charge is -2.15. The summed E-state index contributed by atoms with van der Waals surface area (Å²) in [6, 6.07) is 5.85. The minimum absolute atomic E-state index is 0.0470. The Kier molecular flexibility index (Phi) is 6.34. The number of hydrogen-bond acceptors (Lipinski definition) is 7. The topological polar surface area (TPSA) is 106 Å². The Morgan fingerprint density at radius 3 is 2.48 bits per heavy atom. The number of anilines is 1. The van der Waals surface area contributed by atoms with Crippen LogP contribution in [0.5, 0.6) is 0 Å². The summed E-state index contributed by atoms with van der Waals surface area (Å²) in [5, 5.41) is 3.29. The third-order valence-corrected chi connectivity index (χ3v) is 6.49. The molecule has 146 valence electrons. The van der Waals surface area contributed by atoms with Crippen molar-refractivity contribution in [2.45, 2.75) is 31.8 Å². The zero-order chi connectivity index (χ0) is 20.4. The van der Waals surface area contributed by atoms with Gasteiger partial charge in [0.25, 0.3) is 5.91 Å². The first-order chi connectivity index (χ1) is 12.5. The van der Waals surface area contributed by atoms with Crippen molar-refractivity contribution in [2.24, 2.45) is 0 Å². The number of carbonyl (C=O) groups is 2. The van der Waals surface area contributed by atoms with Crippen molar-refractivity contribution < 1.29 is 22.7 Å². The van der Waals surface area contributed by atoms with E-state index in [1.54, 1.807) is 19.9 Å². The monoisotopic (exact) mass is 411 g/mol. The van der Waals surface area contributed by atoms with Gasteiger partial charge >= 0.3 is 5.97 Å². The van der Waals surface area contributed by atoms with E-state index in [0.717, 1.165) is 9.31 Å². The molecule has 0 saturated heterocycles. The molecule has 0 spiro atoms.